The van der Waals surface area contributed by atoms with E-state index in [1.54, 1.807) is 17.9 Å². The summed E-state index contributed by atoms with van der Waals surface area (Å²) in [6, 6.07) is 1.16. The van der Waals surface area contributed by atoms with Crippen LogP contribution in [0, 0.1) is 5.41 Å². The first-order chi connectivity index (χ1) is 16.2. The summed E-state index contributed by atoms with van der Waals surface area (Å²) in [5.41, 5.74) is 5.66. The van der Waals surface area contributed by atoms with Crippen LogP contribution in [0.3, 0.4) is 0 Å². The van der Waals surface area contributed by atoms with Crippen molar-refractivity contribution in [3.05, 3.63) is 40.7 Å². The van der Waals surface area contributed by atoms with E-state index in [0.29, 0.717) is 25.3 Å². The second-order valence-corrected chi connectivity index (χ2v) is 11.9. The van der Waals surface area contributed by atoms with Gasteiger partial charge in [-0.05, 0) is 67.2 Å². The fourth-order valence-electron chi connectivity index (χ4n) is 5.73. The van der Waals surface area contributed by atoms with Gasteiger partial charge in [0.15, 0.2) is 0 Å². The van der Waals surface area contributed by atoms with Gasteiger partial charge in [-0.1, -0.05) is 19.9 Å². The Morgan fingerprint density at radius 3 is 2.40 bits per heavy atom. The molecular formula is C24H34N5NaO4S. The van der Waals surface area contributed by atoms with Crippen LogP contribution in [0.2, 0.25) is 0 Å². The number of benzene rings is 1. The Morgan fingerprint density at radius 1 is 1.17 bits per heavy atom. The number of nitrogens with zero attached hydrogens (tertiary/aromatic N) is 3. The molecular weight excluding hydrogens is 477 g/mol. The van der Waals surface area contributed by atoms with Gasteiger partial charge in [-0.15, -0.1) is 0 Å². The number of carbonyl (C=O) groups is 1. The summed E-state index contributed by atoms with van der Waals surface area (Å²) in [6.07, 6.45) is 9.62. The first-order valence-corrected chi connectivity index (χ1v) is 13.5. The molecule has 1 aliphatic heterocycles. The van der Waals surface area contributed by atoms with Gasteiger partial charge in [-0.25, -0.2) is 13.8 Å². The molecule has 35 heavy (non-hydrogen) atoms. The second kappa shape index (κ2) is 10.0. The molecule has 11 heteroatoms. The maximum atomic E-state index is 13.7. The van der Waals surface area contributed by atoms with E-state index < -0.39 is 21.7 Å². The van der Waals surface area contributed by atoms with Gasteiger partial charge in [-0.3, -0.25) is 4.68 Å². The van der Waals surface area contributed by atoms with Gasteiger partial charge in [0.05, 0.1) is 24.5 Å². The molecule has 0 saturated carbocycles. The number of urea groups is 1. The van der Waals surface area contributed by atoms with E-state index in [1.807, 2.05) is 13.8 Å². The Labute approximate surface area is 229 Å². The average molecular weight is 512 g/mol. The molecule has 1 saturated heterocycles. The molecule has 1 unspecified atom stereocenters. The van der Waals surface area contributed by atoms with E-state index in [2.05, 4.69) is 21.2 Å². The molecule has 3 aliphatic rings. The second-order valence-electron chi connectivity index (χ2n) is 10.3. The van der Waals surface area contributed by atoms with Crippen molar-refractivity contribution in [2.24, 2.45) is 12.5 Å². The fourth-order valence-corrected chi connectivity index (χ4v) is 7.21. The SMILES string of the molecule is Cn1cc(N(C2CCOCC2(C)C)S(=O)(=O)NC(=O)Nc2c3c(cc4c2CCC4)CCC3)cn1.[NaH]. The molecule has 0 bridgehead atoms. The Kier molecular flexibility index (Phi) is 7.60. The third-order valence-electron chi connectivity index (χ3n) is 7.33. The molecule has 2 aromatic rings. The number of nitrogens with one attached hydrogen (secondary N) is 2. The van der Waals surface area contributed by atoms with E-state index in [0.717, 1.165) is 55.3 Å². The van der Waals surface area contributed by atoms with E-state index in [-0.39, 0.29) is 35.6 Å². The number of hydrogen-bond acceptors (Lipinski definition) is 5. The molecule has 1 aromatic heterocycles. The first-order valence-electron chi connectivity index (χ1n) is 12.0. The number of carbonyl (C=O) groups excluding carboxylic acids is 1. The molecule has 9 nitrogen and oxygen atoms in total. The molecule has 0 radical (unpaired) electrons. The van der Waals surface area contributed by atoms with Gasteiger partial charge in [0.25, 0.3) is 0 Å². The van der Waals surface area contributed by atoms with Gasteiger partial charge in [0.1, 0.15) is 0 Å². The molecule has 186 valence electrons. The van der Waals surface area contributed by atoms with E-state index in [1.165, 1.54) is 21.6 Å². The molecule has 0 spiro atoms. The molecule has 1 atom stereocenters. The molecule has 2 amide bonds. The molecule has 2 N–H and O–H groups in total. The summed E-state index contributed by atoms with van der Waals surface area (Å²) >= 11 is 0. The van der Waals surface area contributed by atoms with Crippen molar-refractivity contribution >= 4 is 57.2 Å². The molecule has 1 aromatic carbocycles. The fraction of sp³-hybridized carbons (Fsp3) is 0.583. The third kappa shape index (κ3) is 5.13. The molecule has 2 heterocycles. The van der Waals surface area contributed by atoms with Crippen molar-refractivity contribution in [2.45, 2.75) is 64.8 Å². The number of anilines is 2. The number of aromatic nitrogens is 2. The van der Waals surface area contributed by atoms with Gasteiger partial charge in [0, 0.05) is 31.0 Å². The van der Waals surface area contributed by atoms with Gasteiger partial charge >= 0.3 is 45.8 Å². The van der Waals surface area contributed by atoms with Crippen LogP contribution >= 0.6 is 0 Å². The van der Waals surface area contributed by atoms with Crippen LogP contribution in [0.15, 0.2) is 18.5 Å². The van der Waals surface area contributed by atoms with Crippen LogP contribution in [0.1, 0.15) is 55.4 Å². The Morgan fingerprint density at radius 2 is 1.83 bits per heavy atom. The van der Waals surface area contributed by atoms with Gasteiger partial charge < -0.3 is 10.1 Å². The summed E-state index contributed by atoms with van der Waals surface area (Å²) in [4.78, 5) is 13.1. The van der Waals surface area contributed by atoms with Gasteiger partial charge in [-0.2, -0.15) is 13.5 Å². The predicted molar refractivity (Wildman–Crippen MR) is 137 cm³/mol. The Bertz CT molecular complexity index is 1190. The molecule has 5 rings (SSSR count). The minimum atomic E-state index is -4.22. The third-order valence-corrected chi connectivity index (χ3v) is 8.76. The minimum absolute atomic E-state index is 0. The summed E-state index contributed by atoms with van der Waals surface area (Å²) in [7, 11) is -2.48. The van der Waals surface area contributed by atoms with Crippen molar-refractivity contribution in [3.63, 3.8) is 0 Å². The van der Waals surface area contributed by atoms with Crippen LogP contribution < -0.4 is 14.3 Å². The van der Waals surface area contributed by atoms with Crippen LogP contribution in [0.4, 0.5) is 16.2 Å². The maximum absolute atomic E-state index is 13.7. The standard InChI is InChI=1S/C24H33N5O4S.Na.H/c1-24(2)15-33-11-10-21(24)29(18-13-25-28(3)14-18)34(31,32)27-23(30)26-22-19-8-4-6-16(19)12-17-7-5-9-20(17)22;;/h12-14,21H,4-11,15H2,1-3H3,(H2,26,27,30);;. The van der Waals surface area contributed by atoms with Gasteiger partial charge in [0.2, 0.25) is 0 Å². The van der Waals surface area contributed by atoms with Crippen molar-refractivity contribution < 1.29 is 17.9 Å². The Hall–Kier alpha value is -1.59. The Balaban J connectivity index is 0.00000289. The van der Waals surface area contributed by atoms with Crippen LogP contribution in [0.25, 0.3) is 0 Å². The monoisotopic (exact) mass is 511 g/mol. The topological polar surface area (TPSA) is 106 Å². The van der Waals surface area contributed by atoms with Crippen molar-refractivity contribution in [1.82, 2.24) is 14.5 Å². The normalized spacial score (nSPS) is 20.5. The summed E-state index contributed by atoms with van der Waals surface area (Å²) in [5, 5.41) is 7.10. The number of amides is 2. The number of rotatable bonds is 5. The number of hydrogen-bond donors (Lipinski definition) is 2. The van der Waals surface area contributed by atoms with Crippen LogP contribution in [-0.2, 0) is 47.7 Å². The van der Waals surface area contributed by atoms with E-state index >= 15 is 0 Å². The molecule has 2 aliphatic carbocycles. The summed E-state index contributed by atoms with van der Waals surface area (Å²) in [5.74, 6) is 0. The van der Waals surface area contributed by atoms with Crippen molar-refractivity contribution in [2.75, 3.05) is 22.8 Å². The summed E-state index contributed by atoms with van der Waals surface area (Å²) < 4.78 is 38.1. The average Bonchev–Trinajstić information content (AvgIpc) is 3.49. The summed E-state index contributed by atoms with van der Waals surface area (Å²) in [6.45, 7) is 4.84. The number of aryl methyl sites for hydroxylation is 3. The number of fused-ring (bicyclic) bond motifs is 2. The van der Waals surface area contributed by atoms with Crippen LogP contribution in [0.5, 0.6) is 0 Å². The zero-order chi connectivity index (χ0) is 24.1. The zero-order valence-corrected chi connectivity index (χ0v) is 20.9. The predicted octanol–water partition coefficient (Wildman–Crippen LogP) is 2.44. The number of ether oxygens (including phenoxy) is 1. The molecule has 1 fully saturated rings. The quantitative estimate of drug-likeness (QED) is 0.600. The first kappa shape index (κ1) is 26.5. The van der Waals surface area contributed by atoms with Crippen molar-refractivity contribution in [1.29, 1.82) is 0 Å². The van der Waals surface area contributed by atoms with E-state index in [9.17, 15) is 13.2 Å². The van der Waals surface area contributed by atoms with E-state index in [4.69, 9.17) is 4.74 Å². The van der Waals surface area contributed by atoms with Crippen molar-refractivity contribution in [3.8, 4) is 0 Å². The van der Waals surface area contributed by atoms with Crippen LogP contribution in [-0.4, -0.2) is 73.0 Å². The zero-order valence-electron chi connectivity index (χ0n) is 20.1.